The van der Waals surface area contributed by atoms with Crippen molar-refractivity contribution in [3.05, 3.63) is 64.1 Å². The zero-order chi connectivity index (χ0) is 53.8. The van der Waals surface area contributed by atoms with Gasteiger partial charge in [0.2, 0.25) is 41.4 Å². The fourth-order valence-electron chi connectivity index (χ4n) is 10.7. The van der Waals surface area contributed by atoms with Crippen molar-refractivity contribution in [2.75, 3.05) is 13.1 Å². The number of amides is 8. The van der Waals surface area contributed by atoms with E-state index >= 15 is 0 Å². The summed E-state index contributed by atoms with van der Waals surface area (Å²) in [5, 5.41) is 9.89. The van der Waals surface area contributed by atoms with Crippen LogP contribution in [0.1, 0.15) is 129 Å². The Morgan fingerprint density at radius 1 is 0.865 bits per heavy atom. The number of nitrogens with two attached hydrogens (primary N) is 1. The number of fused-ring (bicyclic) bond motifs is 2. The van der Waals surface area contributed by atoms with E-state index in [2.05, 4.69) is 21.3 Å². The lowest BCUT2D eigenvalue weighted by Gasteiger charge is -2.39. The first-order chi connectivity index (χ1) is 34.9. The number of imide groups is 1. The highest BCUT2D eigenvalue weighted by Crippen LogP contribution is 2.35. The summed E-state index contributed by atoms with van der Waals surface area (Å²) in [6.07, 6.45) is 4.57. The van der Waals surface area contributed by atoms with Crippen LogP contribution in [0.15, 0.2) is 52.2 Å². The van der Waals surface area contributed by atoms with E-state index in [-0.39, 0.29) is 86.5 Å². The number of primary amides is 1. The second-order valence-electron chi connectivity index (χ2n) is 21.6. The number of piperidine rings is 1. The summed E-state index contributed by atoms with van der Waals surface area (Å²) in [4.78, 5) is 123. The number of aromatic nitrogens is 2. The summed E-state index contributed by atoms with van der Waals surface area (Å²) in [6.45, 7) is 8.30. The van der Waals surface area contributed by atoms with Gasteiger partial charge >= 0.3 is 11.8 Å². The quantitative estimate of drug-likeness (QED) is 0.130. The predicted molar refractivity (Wildman–Crippen MR) is 271 cm³/mol. The molecule has 6 N–H and O–H groups in total. The van der Waals surface area contributed by atoms with E-state index in [1.165, 1.54) is 26.2 Å². The average molecular weight is 1050 g/mol. The van der Waals surface area contributed by atoms with E-state index in [0.717, 1.165) is 37.7 Å². The van der Waals surface area contributed by atoms with Crippen molar-refractivity contribution in [2.24, 2.45) is 24.6 Å². The van der Waals surface area contributed by atoms with E-state index in [1.54, 1.807) is 58.7 Å². The molecule has 5 atom stereocenters. The van der Waals surface area contributed by atoms with E-state index in [9.17, 15) is 51.6 Å². The van der Waals surface area contributed by atoms with Gasteiger partial charge in [-0.2, -0.15) is 0 Å². The molecule has 1 saturated carbocycles. The van der Waals surface area contributed by atoms with Gasteiger partial charge in [0.25, 0.3) is 0 Å². The molecule has 0 spiro atoms. The van der Waals surface area contributed by atoms with Crippen LogP contribution in [0.5, 0.6) is 0 Å². The molecule has 21 nitrogen and oxygen atoms in total. The molecule has 4 fully saturated rings. The Balaban J connectivity index is 0.980. The molecule has 3 aromatic rings. The van der Waals surface area contributed by atoms with Gasteiger partial charge in [0.15, 0.2) is 9.84 Å². The number of ether oxygens (including phenoxy) is 1. The fraction of sp³-hybridized carbons (Fsp3) is 0.596. The first-order valence-corrected chi connectivity index (χ1v) is 27.3. The molecule has 0 bridgehead atoms. The molecule has 7 rings (SSSR count). The number of imidazole rings is 1. The van der Waals surface area contributed by atoms with Crippen LogP contribution in [0.4, 0.5) is 4.79 Å². The molecular weight excluding hydrogens is 975 g/mol. The summed E-state index contributed by atoms with van der Waals surface area (Å²) < 4.78 is 33.7. The zero-order valence-corrected chi connectivity index (χ0v) is 44.0. The van der Waals surface area contributed by atoms with Gasteiger partial charge < -0.3 is 36.2 Å². The Morgan fingerprint density at radius 2 is 1.54 bits per heavy atom. The zero-order valence-electron chi connectivity index (χ0n) is 43.1. The molecule has 3 aliphatic heterocycles. The average Bonchev–Trinajstić information content (AvgIpc) is 3.86. The highest BCUT2D eigenvalue weighted by molar-refractivity contribution is 7.92. The lowest BCUT2D eigenvalue weighted by molar-refractivity contribution is -0.146. The number of nitrogens with zero attached hydrogens (tertiary/aromatic N) is 4. The van der Waals surface area contributed by atoms with E-state index < -0.39 is 86.5 Å². The molecule has 1 unspecified atom stereocenters. The topological polar surface area (TPSA) is 287 Å². The van der Waals surface area contributed by atoms with Crippen molar-refractivity contribution in [3.8, 4) is 0 Å². The minimum atomic E-state index is -3.51. The lowest BCUT2D eigenvalue weighted by atomic mass is 9.78. The maximum Gasteiger partial charge on any atom is 0.408 e. The summed E-state index contributed by atoms with van der Waals surface area (Å²) in [6, 6.07) is 7.12. The summed E-state index contributed by atoms with van der Waals surface area (Å²) in [5.74, 6) is -3.08. The Kier molecular flexibility index (Phi) is 17.1. The maximum atomic E-state index is 14.7. The predicted octanol–water partition coefficient (Wildman–Crippen LogP) is 2.79. The fourth-order valence-corrected chi connectivity index (χ4v) is 11.8. The number of carbonyl (C=O) groups excluding carboxylic acids is 8. The Hall–Kier alpha value is -6.58. The third kappa shape index (κ3) is 13.0. The van der Waals surface area contributed by atoms with Crippen LogP contribution < -0.4 is 32.7 Å². The first-order valence-electron chi connectivity index (χ1n) is 25.7. The summed E-state index contributed by atoms with van der Waals surface area (Å²) in [7, 11) is -1.84. The van der Waals surface area contributed by atoms with Gasteiger partial charge in [0, 0.05) is 45.4 Å². The molecule has 4 aliphatic rings. The van der Waals surface area contributed by atoms with Crippen molar-refractivity contribution >= 4 is 68.3 Å². The monoisotopic (exact) mass is 1050 g/mol. The van der Waals surface area contributed by atoms with Crippen LogP contribution >= 0.6 is 0 Å². The van der Waals surface area contributed by atoms with Crippen molar-refractivity contribution in [1.29, 1.82) is 0 Å². The highest BCUT2D eigenvalue weighted by Gasteiger charge is 2.46. The smallest absolute Gasteiger partial charge is 0.408 e. The molecule has 22 heteroatoms. The molecule has 8 amide bonds. The lowest BCUT2D eigenvalue weighted by Crippen LogP contribution is -2.62. The number of nitrogens with one attached hydrogen (secondary N) is 4. The van der Waals surface area contributed by atoms with Crippen LogP contribution in [0.3, 0.4) is 0 Å². The van der Waals surface area contributed by atoms with Crippen molar-refractivity contribution < 1.29 is 51.5 Å². The number of sulfone groups is 1. The minimum Gasteiger partial charge on any atom is -0.444 e. The molecule has 1 aromatic heterocycles. The van der Waals surface area contributed by atoms with Crippen molar-refractivity contribution in [1.82, 2.24) is 40.2 Å². The Bertz CT molecular complexity index is 2830. The second kappa shape index (κ2) is 22.9. The molecular formula is C52H71N9O12S. The molecule has 2 aromatic carbocycles. The molecule has 3 saturated heterocycles. The number of aryl methyl sites for hydroxylation is 1. The van der Waals surface area contributed by atoms with Gasteiger partial charge in [-0.05, 0) is 146 Å². The summed E-state index contributed by atoms with van der Waals surface area (Å²) in [5.41, 5.74) is 7.18. The maximum absolute atomic E-state index is 14.7. The van der Waals surface area contributed by atoms with Crippen LogP contribution in [-0.2, 0) is 68.1 Å². The van der Waals surface area contributed by atoms with Gasteiger partial charge in [-0.15, -0.1) is 0 Å². The van der Waals surface area contributed by atoms with E-state index in [4.69, 9.17) is 10.5 Å². The molecule has 0 radical (unpaired) electrons. The van der Waals surface area contributed by atoms with Gasteiger partial charge in [0.05, 0.1) is 27.7 Å². The van der Waals surface area contributed by atoms with Crippen LogP contribution in [0.2, 0.25) is 0 Å². The third-order valence-corrected chi connectivity index (χ3v) is 17.0. The number of alkyl carbamates (subject to hydrolysis) is 1. The Morgan fingerprint density at radius 3 is 2.19 bits per heavy atom. The molecule has 74 heavy (non-hydrogen) atoms. The normalized spacial score (nSPS) is 23.1. The van der Waals surface area contributed by atoms with Gasteiger partial charge in [0.1, 0.15) is 29.8 Å². The molecule has 1 aliphatic carbocycles. The van der Waals surface area contributed by atoms with Gasteiger partial charge in [-0.1, -0.05) is 18.2 Å². The molecule has 402 valence electrons. The number of benzene rings is 2. The summed E-state index contributed by atoms with van der Waals surface area (Å²) >= 11 is 0. The van der Waals surface area contributed by atoms with Crippen LogP contribution in [0.25, 0.3) is 11.0 Å². The second-order valence-corrected chi connectivity index (χ2v) is 24.1. The van der Waals surface area contributed by atoms with Gasteiger partial charge in [-0.3, -0.25) is 48.0 Å². The van der Waals surface area contributed by atoms with Crippen LogP contribution in [0, 0.1) is 11.8 Å². The van der Waals surface area contributed by atoms with E-state index in [0.29, 0.717) is 35.4 Å². The van der Waals surface area contributed by atoms with Crippen molar-refractivity contribution in [2.45, 2.75) is 171 Å². The first kappa shape index (κ1) is 55.2. The third-order valence-electron chi connectivity index (χ3n) is 14.8. The van der Waals surface area contributed by atoms with Crippen molar-refractivity contribution in [3.63, 3.8) is 0 Å². The largest absolute Gasteiger partial charge is 0.444 e. The Labute approximate surface area is 430 Å². The number of hydrogen-bond donors (Lipinski definition) is 5. The highest BCUT2D eigenvalue weighted by atomic mass is 32.2. The number of hydrogen-bond acceptors (Lipinski definition) is 12. The standard InChI is InChI=1S/C52H71N9O12S/c1-30(2)74(71,72)36-15-11-33(12-16-36)28-54-46(65)37(17-21-43(53)62)55-47(66)40-19-14-35-23-24-59(29-38(49(68)60(35)40)56-50(69)73-52(3,4)5)45(64)27-32-9-7-31(8-10-32)25-34-13-18-39-42(26-34)58(6)51(70)61(39)41-20-22-44(63)57-48(41)67/h11-13,15-16,18,26,30-32,35,37-38,40-41H,7-10,14,17,19-25,27-29H2,1-6H3,(H2,53,62)(H,54,65)(H,55,66)(H,56,69)(H,57,63,67)/t31?,32?,35-,37+,38+,40+,41?/m1/s1. The van der Waals surface area contributed by atoms with Crippen LogP contribution in [-0.4, -0.2) is 123 Å². The number of rotatable bonds is 16. The minimum absolute atomic E-state index is 0.00958. The number of carbonyl (C=O) groups is 8. The SMILES string of the molecule is CC(C)S(=O)(=O)c1ccc(CNC(=O)[C@H](CCC(N)=O)NC(=O)[C@@H]2CC[C@@H]3CCN(C(=O)CC4CCC(Cc5ccc6c(c5)n(C)c(=O)n6C5CCC(=O)NC5=O)CC4)C[C@H](NC(=O)OC(C)(C)C)C(=O)N32)cc1. The van der Waals surface area contributed by atoms with E-state index in [1.807, 2.05) is 18.2 Å². The molecule has 4 heterocycles. The van der Waals surface area contributed by atoms with Gasteiger partial charge in [-0.25, -0.2) is 18.0 Å².